The first-order valence-corrected chi connectivity index (χ1v) is 11.2. The lowest BCUT2D eigenvalue weighted by atomic mass is 9.68. The first-order chi connectivity index (χ1) is 15.5. The Morgan fingerprint density at radius 2 is 1.94 bits per heavy atom. The summed E-state index contributed by atoms with van der Waals surface area (Å²) in [4.78, 5) is 18.9. The average molecular weight is 455 g/mol. The summed E-state index contributed by atoms with van der Waals surface area (Å²) in [5.41, 5.74) is 7.57. The molecule has 0 saturated heterocycles. The lowest BCUT2D eigenvalue weighted by molar-refractivity contribution is 0.0523. The van der Waals surface area contributed by atoms with E-state index >= 15 is 0 Å². The number of halogens is 2. The van der Waals surface area contributed by atoms with Crippen LogP contribution >= 0.6 is 11.6 Å². The van der Waals surface area contributed by atoms with Gasteiger partial charge < -0.3 is 15.2 Å². The molecule has 32 heavy (non-hydrogen) atoms. The molecule has 166 valence electrons. The number of nitrogens with two attached hydrogens (primary N) is 1. The summed E-state index contributed by atoms with van der Waals surface area (Å²) in [6.45, 7) is 1.61. The zero-order chi connectivity index (χ0) is 22.3. The fourth-order valence-corrected chi connectivity index (χ4v) is 5.30. The highest BCUT2D eigenvalue weighted by atomic mass is 35.5. The summed E-state index contributed by atoms with van der Waals surface area (Å²) < 4.78 is 15.9. The molecule has 0 bridgehead atoms. The van der Waals surface area contributed by atoms with E-state index in [4.69, 9.17) is 17.3 Å². The van der Waals surface area contributed by atoms with Crippen LogP contribution in [0.15, 0.2) is 42.7 Å². The van der Waals surface area contributed by atoms with Gasteiger partial charge in [-0.2, -0.15) is 0 Å². The number of pyridine rings is 1. The smallest absolute Gasteiger partial charge is 0.292 e. The zero-order valence-corrected chi connectivity index (χ0v) is 18.3. The van der Waals surface area contributed by atoms with Gasteiger partial charge in [-0.1, -0.05) is 23.7 Å². The van der Waals surface area contributed by atoms with Crippen LogP contribution in [-0.4, -0.2) is 49.7 Å². The number of amides is 1. The molecule has 2 aromatic heterocycles. The fourth-order valence-electron chi connectivity index (χ4n) is 5.11. The van der Waals surface area contributed by atoms with Gasteiger partial charge in [-0.3, -0.25) is 9.78 Å². The lowest BCUT2D eigenvalue weighted by Crippen LogP contribution is -2.50. The largest absolute Gasteiger partial charge is 0.331 e. The molecule has 0 unspecified atom stereocenters. The minimum atomic E-state index is -0.482. The third-order valence-electron chi connectivity index (χ3n) is 6.96. The van der Waals surface area contributed by atoms with Crippen LogP contribution in [0.2, 0.25) is 5.02 Å². The van der Waals surface area contributed by atoms with Gasteiger partial charge in [0, 0.05) is 42.3 Å². The van der Waals surface area contributed by atoms with Crippen molar-refractivity contribution in [2.24, 2.45) is 5.73 Å². The topological polar surface area (TPSA) is 89.9 Å². The van der Waals surface area contributed by atoms with Crippen LogP contribution in [0, 0.1) is 5.82 Å². The van der Waals surface area contributed by atoms with Gasteiger partial charge in [0.1, 0.15) is 0 Å². The highest BCUT2D eigenvalue weighted by Crippen LogP contribution is 2.41. The molecule has 0 spiro atoms. The molecular formula is C23H24ClFN6O. The molecule has 7 nitrogen and oxygen atoms in total. The van der Waals surface area contributed by atoms with E-state index in [1.807, 2.05) is 23.1 Å². The summed E-state index contributed by atoms with van der Waals surface area (Å²) in [7, 11) is 0. The molecule has 0 radical (unpaired) electrons. The Morgan fingerprint density at radius 1 is 1.16 bits per heavy atom. The van der Waals surface area contributed by atoms with Crippen molar-refractivity contribution >= 4 is 17.5 Å². The van der Waals surface area contributed by atoms with E-state index in [-0.39, 0.29) is 23.2 Å². The van der Waals surface area contributed by atoms with Crippen molar-refractivity contribution in [3.8, 4) is 11.4 Å². The molecule has 3 aromatic rings. The highest BCUT2D eigenvalue weighted by Gasteiger charge is 2.41. The van der Waals surface area contributed by atoms with Crippen molar-refractivity contribution in [2.45, 2.75) is 43.7 Å². The molecule has 9 heteroatoms. The SMILES string of the molecule is NC[C@]1(c2cccc(Cl)c2)CC[C@H](N2CCn3c(nnc3-c3ccncc3F)C2=O)CC1. The maximum absolute atomic E-state index is 14.2. The molecular weight excluding hydrogens is 431 g/mol. The standard InChI is InChI=1S/C23H24ClFN6O/c24-16-3-1-2-15(12-16)23(14-26)7-4-17(5-8-23)30-10-11-31-20(28-29-21(31)22(30)32)18-6-9-27-13-19(18)25/h1-3,6,9,12-13,17H,4-5,7-8,10-11,14,26H2/t17-,23-. The number of fused-ring (bicyclic) bond motifs is 1. The summed E-state index contributed by atoms with van der Waals surface area (Å²) >= 11 is 6.22. The number of hydrogen-bond acceptors (Lipinski definition) is 5. The molecule has 1 aliphatic heterocycles. The van der Waals surface area contributed by atoms with Gasteiger partial charge in [0.15, 0.2) is 11.6 Å². The van der Waals surface area contributed by atoms with E-state index < -0.39 is 5.82 Å². The molecule has 1 aliphatic carbocycles. The minimum Gasteiger partial charge on any atom is -0.331 e. The number of hydrogen-bond donors (Lipinski definition) is 1. The van der Waals surface area contributed by atoms with Crippen molar-refractivity contribution < 1.29 is 9.18 Å². The summed E-state index contributed by atoms with van der Waals surface area (Å²) in [5, 5.41) is 8.93. The monoisotopic (exact) mass is 454 g/mol. The Morgan fingerprint density at radius 3 is 2.66 bits per heavy atom. The maximum atomic E-state index is 14.2. The number of benzene rings is 1. The number of carbonyl (C=O) groups is 1. The van der Waals surface area contributed by atoms with Crippen molar-refractivity contribution in [3.05, 3.63) is 65.0 Å². The van der Waals surface area contributed by atoms with Crippen LogP contribution in [0.1, 0.15) is 41.9 Å². The Hall–Kier alpha value is -2.84. The Labute approximate surface area is 190 Å². The quantitative estimate of drug-likeness (QED) is 0.652. The molecule has 2 N–H and O–H groups in total. The molecule has 1 amide bonds. The van der Waals surface area contributed by atoms with E-state index in [0.29, 0.717) is 36.0 Å². The molecule has 5 rings (SSSR count). The lowest BCUT2D eigenvalue weighted by Gasteiger charge is -2.44. The van der Waals surface area contributed by atoms with Crippen LogP contribution in [0.3, 0.4) is 0 Å². The number of carbonyl (C=O) groups excluding carboxylic acids is 1. The second-order valence-electron chi connectivity index (χ2n) is 8.58. The van der Waals surface area contributed by atoms with Crippen molar-refractivity contribution in [2.75, 3.05) is 13.1 Å². The van der Waals surface area contributed by atoms with Crippen LogP contribution in [0.4, 0.5) is 4.39 Å². The zero-order valence-electron chi connectivity index (χ0n) is 17.5. The third-order valence-corrected chi connectivity index (χ3v) is 7.20. The molecule has 0 atom stereocenters. The van der Waals surface area contributed by atoms with Crippen LogP contribution in [-0.2, 0) is 12.0 Å². The van der Waals surface area contributed by atoms with Gasteiger partial charge in [0.25, 0.3) is 5.91 Å². The Balaban J connectivity index is 1.34. The van der Waals surface area contributed by atoms with Crippen LogP contribution in [0.5, 0.6) is 0 Å². The second-order valence-corrected chi connectivity index (χ2v) is 9.02. The first-order valence-electron chi connectivity index (χ1n) is 10.8. The minimum absolute atomic E-state index is 0.118. The predicted molar refractivity (Wildman–Crippen MR) is 119 cm³/mol. The van der Waals surface area contributed by atoms with Crippen molar-refractivity contribution in [1.29, 1.82) is 0 Å². The van der Waals surface area contributed by atoms with E-state index in [1.54, 1.807) is 10.6 Å². The maximum Gasteiger partial charge on any atom is 0.292 e. The van der Waals surface area contributed by atoms with Gasteiger partial charge in [0.05, 0.1) is 11.8 Å². The summed E-state index contributed by atoms with van der Waals surface area (Å²) in [6, 6.07) is 9.59. The summed E-state index contributed by atoms with van der Waals surface area (Å²) in [5.74, 6) is -0.0194. The number of aromatic nitrogens is 4. The van der Waals surface area contributed by atoms with Crippen molar-refractivity contribution in [3.63, 3.8) is 0 Å². The summed E-state index contributed by atoms with van der Waals surface area (Å²) in [6.07, 6.45) is 6.13. The van der Waals surface area contributed by atoms with Gasteiger partial charge in [-0.15, -0.1) is 10.2 Å². The van der Waals surface area contributed by atoms with Crippen LogP contribution in [0.25, 0.3) is 11.4 Å². The second kappa shape index (κ2) is 8.26. The number of nitrogens with zero attached hydrogens (tertiary/aromatic N) is 5. The van der Waals surface area contributed by atoms with Gasteiger partial charge in [-0.25, -0.2) is 4.39 Å². The van der Waals surface area contributed by atoms with Gasteiger partial charge >= 0.3 is 0 Å². The van der Waals surface area contributed by atoms with Crippen LogP contribution < -0.4 is 5.73 Å². The van der Waals surface area contributed by atoms with E-state index in [9.17, 15) is 9.18 Å². The van der Waals surface area contributed by atoms with E-state index in [2.05, 4.69) is 21.2 Å². The predicted octanol–water partition coefficient (Wildman–Crippen LogP) is 3.43. The average Bonchev–Trinajstić information content (AvgIpc) is 3.25. The number of rotatable bonds is 4. The first kappa shape index (κ1) is 21.0. The van der Waals surface area contributed by atoms with E-state index in [1.165, 1.54) is 11.8 Å². The highest BCUT2D eigenvalue weighted by molar-refractivity contribution is 6.30. The van der Waals surface area contributed by atoms with E-state index in [0.717, 1.165) is 31.9 Å². The Kier molecular flexibility index (Phi) is 5.43. The van der Waals surface area contributed by atoms with Gasteiger partial charge in [0.2, 0.25) is 5.82 Å². The Bertz CT molecular complexity index is 1160. The molecule has 3 heterocycles. The molecule has 2 aliphatic rings. The molecule has 1 aromatic carbocycles. The van der Waals surface area contributed by atoms with Crippen molar-refractivity contribution in [1.82, 2.24) is 24.6 Å². The fraction of sp³-hybridized carbons (Fsp3) is 0.391. The van der Waals surface area contributed by atoms with Gasteiger partial charge in [-0.05, 0) is 49.4 Å². The molecule has 1 fully saturated rings. The molecule has 1 saturated carbocycles. The normalized spacial score (nSPS) is 23.3. The third kappa shape index (κ3) is 3.47.